The second-order valence-electron chi connectivity index (χ2n) is 11.7. The highest BCUT2D eigenvalue weighted by atomic mass is 15.0. The summed E-state index contributed by atoms with van der Waals surface area (Å²) in [6, 6.07) is 46.1. The Labute approximate surface area is 256 Å². The van der Waals surface area contributed by atoms with Crippen LogP contribution in [-0.2, 0) is 5.41 Å². The van der Waals surface area contributed by atoms with Crippen LogP contribution in [0.2, 0.25) is 0 Å². The molecular formula is C41H29N3. The lowest BCUT2D eigenvalue weighted by molar-refractivity contribution is 0.698. The van der Waals surface area contributed by atoms with E-state index in [1.165, 1.54) is 44.1 Å². The molecule has 3 heteroatoms. The Hall–Kier alpha value is -5.54. The highest BCUT2D eigenvalue weighted by molar-refractivity contribution is 6.09. The fourth-order valence-corrected chi connectivity index (χ4v) is 7.50. The number of benzene rings is 5. The van der Waals surface area contributed by atoms with Crippen LogP contribution in [-0.4, -0.2) is 14.5 Å². The highest BCUT2D eigenvalue weighted by Crippen LogP contribution is 2.55. The van der Waals surface area contributed by atoms with Crippen molar-refractivity contribution in [2.45, 2.75) is 17.8 Å². The summed E-state index contributed by atoms with van der Waals surface area (Å²) >= 11 is 0. The van der Waals surface area contributed by atoms with Crippen molar-refractivity contribution >= 4 is 21.8 Å². The fraction of sp³-hybridized carbons (Fsp3) is 0.0732. The Morgan fingerprint density at radius 2 is 1.27 bits per heavy atom. The van der Waals surface area contributed by atoms with Crippen LogP contribution in [0.15, 0.2) is 158 Å². The smallest absolute Gasteiger partial charge is 0.135 e. The predicted molar refractivity (Wildman–Crippen MR) is 179 cm³/mol. The number of rotatable bonds is 4. The molecular weight excluding hydrogens is 534 g/mol. The summed E-state index contributed by atoms with van der Waals surface area (Å²) in [7, 11) is 0. The van der Waals surface area contributed by atoms with E-state index in [4.69, 9.17) is 9.97 Å². The lowest BCUT2D eigenvalue weighted by Gasteiger charge is -2.33. The molecule has 0 aliphatic heterocycles. The van der Waals surface area contributed by atoms with E-state index in [1.807, 2.05) is 0 Å². The maximum absolute atomic E-state index is 5.45. The van der Waals surface area contributed by atoms with Gasteiger partial charge in [-0.1, -0.05) is 127 Å². The molecule has 0 spiro atoms. The summed E-state index contributed by atoms with van der Waals surface area (Å²) in [5.41, 5.74) is 10.0. The molecule has 3 nitrogen and oxygen atoms in total. The summed E-state index contributed by atoms with van der Waals surface area (Å²) < 4.78 is 2.38. The summed E-state index contributed by atoms with van der Waals surface area (Å²) in [6.07, 6.45) is 11.6. The second-order valence-corrected chi connectivity index (χ2v) is 11.7. The summed E-state index contributed by atoms with van der Waals surface area (Å²) in [5, 5.41) is 2.53. The van der Waals surface area contributed by atoms with Crippen molar-refractivity contribution in [2.24, 2.45) is 0 Å². The predicted octanol–water partition coefficient (Wildman–Crippen LogP) is 9.54. The van der Waals surface area contributed by atoms with Gasteiger partial charge >= 0.3 is 0 Å². The molecule has 7 aromatic rings. The Balaban J connectivity index is 1.30. The minimum Gasteiger partial charge on any atom is -0.309 e. The summed E-state index contributed by atoms with van der Waals surface area (Å²) in [6.45, 7) is 0. The molecule has 0 saturated heterocycles. The molecule has 9 rings (SSSR count). The van der Waals surface area contributed by atoms with Gasteiger partial charge in [-0.3, -0.25) is 0 Å². The normalized spacial score (nSPS) is 18.5. The molecule has 2 atom stereocenters. The largest absolute Gasteiger partial charge is 0.309 e. The third kappa shape index (κ3) is 3.50. The first-order valence-electron chi connectivity index (χ1n) is 15.3. The Kier molecular flexibility index (Phi) is 5.54. The van der Waals surface area contributed by atoms with E-state index in [0.29, 0.717) is 0 Å². The molecule has 44 heavy (non-hydrogen) atoms. The third-order valence-electron chi connectivity index (χ3n) is 9.44. The number of fused-ring (bicyclic) bond motifs is 6. The lowest BCUT2D eigenvalue weighted by atomic mass is 9.69. The minimum absolute atomic E-state index is 0.167. The van der Waals surface area contributed by atoms with Crippen molar-refractivity contribution in [1.29, 1.82) is 0 Å². The monoisotopic (exact) mass is 563 g/mol. The quantitative estimate of drug-likeness (QED) is 0.213. The second kappa shape index (κ2) is 9.75. The molecule has 5 aromatic carbocycles. The zero-order chi connectivity index (χ0) is 29.1. The number of allylic oxidation sites excluding steroid dienone is 4. The molecule has 2 heterocycles. The average molecular weight is 564 g/mol. The van der Waals surface area contributed by atoms with E-state index in [2.05, 4.69) is 162 Å². The van der Waals surface area contributed by atoms with Crippen LogP contribution in [0.3, 0.4) is 0 Å². The van der Waals surface area contributed by atoms with Gasteiger partial charge in [-0.15, -0.1) is 0 Å². The van der Waals surface area contributed by atoms with Crippen LogP contribution in [0.4, 0.5) is 0 Å². The van der Waals surface area contributed by atoms with Gasteiger partial charge in [0.05, 0.1) is 22.1 Å². The van der Waals surface area contributed by atoms with E-state index in [-0.39, 0.29) is 5.92 Å². The van der Waals surface area contributed by atoms with Crippen molar-refractivity contribution in [3.05, 3.63) is 186 Å². The van der Waals surface area contributed by atoms with Gasteiger partial charge in [0.2, 0.25) is 0 Å². The molecule has 2 aliphatic rings. The number of aromatic nitrogens is 3. The molecule has 208 valence electrons. The van der Waals surface area contributed by atoms with Crippen LogP contribution in [0.1, 0.15) is 40.5 Å². The molecule has 0 N–H and O–H groups in total. The molecule has 0 radical (unpaired) electrons. The minimum atomic E-state index is -0.571. The summed E-state index contributed by atoms with van der Waals surface area (Å²) in [4.78, 5) is 10.4. The first-order chi connectivity index (χ1) is 21.8. The van der Waals surface area contributed by atoms with Gasteiger partial charge in [-0.2, -0.15) is 0 Å². The third-order valence-corrected chi connectivity index (χ3v) is 9.44. The van der Waals surface area contributed by atoms with Crippen molar-refractivity contribution in [3.63, 3.8) is 0 Å². The van der Waals surface area contributed by atoms with Gasteiger partial charge in [0.25, 0.3) is 0 Å². The average Bonchev–Trinajstić information content (AvgIpc) is 3.60. The SMILES string of the molecule is C1=CCC(c2ncc3c(n2)C(c2ccccc2)(c2ccc(-n4c5ccccc5c5ccccc54)cc2)c2ccccc2-3)C=C1. The summed E-state index contributed by atoms with van der Waals surface area (Å²) in [5.74, 6) is 1.04. The van der Waals surface area contributed by atoms with Crippen LogP contribution in [0.25, 0.3) is 38.6 Å². The standard InChI is InChI=1S/C41H29N3/c1-3-13-28(14-4-1)40-42-27-35-32-17-7-10-20-36(32)41(39(35)43-40,29-15-5-2-6-16-29)30-23-25-31(26-24-30)44-37-21-11-8-18-33(37)34-19-9-12-22-38(34)44/h1-13,15-28H,14H2. The zero-order valence-electron chi connectivity index (χ0n) is 24.1. The molecule has 0 fully saturated rings. The van der Waals surface area contributed by atoms with Gasteiger partial charge in [-0.05, 0) is 52.9 Å². The van der Waals surface area contributed by atoms with Gasteiger partial charge in [0, 0.05) is 34.1 Å². The fourth-order valence-electron chi connectivity index (χ4n) is 7.50. The van der Waals surface area contributed by atoms with E-state index in [0.717, 1.165) is 29.2 Å². The van der Waals surface area contributed by atoms with E-state index < -0.39 is 5.41 Å². The van der Waals surface area contributed by atoms with Gasteiger partial charge < -0.3 is 4.57 Å². The van der Waals surface area contributed by atoms with Crippen molar-refractivity contribution in [3.8, 4) is 16.8 Å². The zero-order valence-corrected chi connectivity index (χ0v) is 24.1. The molecule has 0 amide bonds. The van der Waals surface area contributed by atoms with Gasteiger partial charge in [0.15, 0.2) is 0 Å². The van der Waals surface area contributed by atoms with Gasteiger partial charge in [0.1, 0.15) is 5.82 Å². The highest BCUT2D eigenvalue weighted by Gasteiger charge is 2.48. The Morgan fingerprint density at radius 3 is 2.00 bits per heavy atom. The first kappa shape index (κ1) is 25.0. The van der Waals surface area contributed by atoms with Crippen LogP contribution >= 0.6 is 0 Å². The lowest BCUT2D eigenvalue weighted by Crippen LogP contribution is -2.30. The van der Waals surface area contributed by atoms with Crippen LogP contribution in [0, 0.1) is 0 Å². The van der Waals surface area contributed by atoms with E-state index in [9.17, 15) is 0 Å². The molecule has 0 saturated carbocycles. The van der Waals surface area contributed by atoms with Crippen LogP contribution in [0.5, 0.6) is 0 Å². The maximum Gasteiger partial charge on any atom is 0.135 e. The molecule has 0 bridgehead atoms. The topological polar surface area (TPSA) is 30.7 Å². The van der Waals surface area contributed by atoms with Crippen molar-refractivity contribution in [2.75, 3.05) is 0 Å². The molecule has 2 aliphatic carbocycles. The number of nitrogens with zero attached hydrogens (tertiary/aromatic N) is 3. The molecule has 2 unspecified atom stereocenters. The van der Waals surface area contributed by atoms with E-state index >= 15 is 0 Å². The van der Waals surface area contributed by atoms with Crippen molar-refractivity contribution in [1.82, 2.24) is 14.5 Å². The molecule has 2 aromatic heterocycles. The Morgan fingerprint density at radius 1 is 0.614 bits per heavy atom. The van der Waals surface area contributed by atoms with E-state index in [1.54, 1.807) is 0 Å². The Bertz CT molecular complexity index is 2200. The number of hydrogen-bond donors (Lipinski definition) is 0. The first-order valence-corrected chi connectivity index (χ1v) is 15.3. The van der Waals surface area contributed by atoms with Crippen molar-refractivity contribution < 1.29 is 0 Å². The number of hydrogen-bond acceptors (Lipinski definition) is 2. The van der Waals surface area contributed by atoms with Gasteiger partial charge in [-0.25, -0.2) is 9.97 Å². The van der Waals surface area contributed by atoms with Crippen LogP contribution < -0.4 is 0 Å². The number of para-hydroxylation sites is 2. The maximum atomic E-state index is 5.45.